The number of alkyl halides is 2. The van der Waals surface area contributed by atoms with Crippen molar-refractivity contribution in [2.45, 2.75) is 23.2 Å². The predicted molar refractivity (Wildman–Crippen MR) is 41.1 cm³/mol. The van der Waals surface area contributed by atoms with Crippen molar-refractivity contribution in [2.24, 2.45) is 5.92 Å². The second-order valence-corrected chi connectivity index (χ2v) is 3.96. The Kier molecular flexibility index (Phi) is 2.53. The maximum absolute atomic E-state index is 11.9. The monoisotopic (exact) mass is 228 g/mol. The van der Waals surface area contributed by atoms with Crippen molar-refractivity contribution in [3.8, 4) is 0 Å². The van der Waals surface area contributed by atoms with Gasteiger partial charge in [-0.2, -0.15) is 0 Å². The van der Waals surface area contributed by atoms with Gasteiger partial charge in [-0.3, -0.25) is 4.39 Å². The second kappa shape index (κ2) is 2.99. The van der Waals surface area contributed by atoms with E-state index in [1.54, 1.807) is 0 Å². The first-order chi connectivity index (χ1) is 3.84. The zero-order valence-electron chi connectivity index (χ0n) is 4.74. The lowest BCUT2D eigenvalue weighted by Crippen LogP contribution is -2.07. The van der Waals surface area contributed by atoms with Gasteiger partial charge in [-0.05, 0) is 18.8 Å². The summed E-state index contributed by atoms with van der Waals surface area (Å²) < 4.78 is 12.6. The highest BCUT2D eigenvalue weighted by Crippen LogP contribution is 2.31. The van der Waals surface area contributed by atoms with Crippen LogP contribution in [0.2, 0.25) is 0 Å². The summed E-state index contributed by atoms with van der Waals surface area (Å²) in [5.74, 6) is 0.385. The fourth-order valence-electron chi connectivity index (χ4n) is 1.17. The van der Waals surface area contributed by atoms with Gasteiger partial charge in [-0.15, -0.1) is 0 Å². The summed E-state index contributed by atoms with van der Waals surface area (Å²) in [7, 11) is 0. The highest BCUT2D eigenvalue weighted by molar-refractivity contribution is 14.1. The van der Waals surface area contributed by atoms with E-state index >= 15 is 0 Å². The van der Waals surface area contributed by atoms with Crippen molar-refractivity contribution < 1.29 is 4.39 Å². The van der Waals surface area contributed by atoms with Crippen molar-refractivity contribution >= 4 is 22.6 Å². The van der Waals surface area contributed by atoms with Crippen molar-refractivity contribution in [3.05, 3.63) is 0 Å². The molecule has 1 aliphatic carbocycles. The van der Waals surface area contributed by atoms with Crippen molar-refractivity contribution in [3.63, 3.8) is 0 Å². The van der Waals surface area contributed by atoms with Crippen LogP contribution in [0, 0.1) is 5.92 Å². The quantitative estimate of drug-likeness (QED) is 0.478. The Balaban J connectivity index is 2.30. The summed E-state index contributed by atoms with van der Waals surface area (Å²) in [6.07, 6.45) is 3.58. The molecule has 0 aromatic heterocycles. The Labute approximate surface area is 63.0 Å². The average Bonchev–Trinajstić information content (AvgIpc) is 2.14. The van der Waals surface area contributed by atoms with E-state index in [1.165, 1.54) is 12.8 Å². The molecular weight excluding hydrogens is 218 g/mol. The molecule has 0 radical (unpaired) electrons. The predicted octanol–water partition coefficient (Wildman–Crippen LogP) is 2.56. The Morgan fingerprint density at radius 3 is 2.50 bits per heavy atom. The minimum atomic E-state index is -0.104. The van der Waals surface area contributed by atoms with Gasteiger partial charge in [-0.25, -0.2) is 0 Å². The molecule has 0 nitrogen and oxygen atoms in total. The third-order valence-corrected chi connectivity index (χ3v) is 3.40. The molecule has 2 atom stereocenters. The highest BCUT2D eigenvalue weighted by Gasteiger charge is 2.23. The lowest BCUT2D eigenvalue weighted by molar-refractivity contribution is 0.378. The molecule has 1 fully saturated rings. The van der Waals surface area contributed by atoms with Crippen molar-refractivity contribution in [1.82, 2.24) is 0 Å². The fourth-order valence-corrected chi connectivity index (χ4v) is 2.16. The molecule has 0 amide bonds. The van der Waals surface area contributed by atoms with Crippen LogP contribution in [0.15, 0.2) is 0 Å². The number of hydrogen-bond donors (Lipinski definition) is 0. The molecule has 0 aliphatic heterocycles. The molecule has 2 unspecified atom stereocenters. The van der Waals surface area contributed by atoms with Crippen LogP contribution in [0.3, 0.4) is 0 Å². The van der Waals surface area contributed by atoms with E-state index in [9.17, 15) is 4.39 Å². The molecule has 48 valence electrons. The van der Waals surface area contributed by atoms with Gasteiger partial charge < -0.3 is 0 Å². The van der Waals surface area contributed by atoms with E-state index in [2.05, 4.69) is 22.6 Å². The molecule has 0 N–H and O–H groups in total. The van der Waals surface area contributed by atoms with Crippen molar-refractivity contribution in [2.75, 3.05) is 6.67 Å². The molecule has 2 heteroatoms. The van der Waals surface area contributed by atoms with E-state index in [4.69, 9.17) is 0 Å². The average molecular weight is 228 g/mol. The molecule has 0 saturated heterocycles. The van der Waals surface area contributed by atoms with Crippen LogP contribution >= 0.6 is 22.6 Å². The molecule has 0 aromatic carbocycles. The van der Waals surface area contributed by atoms with E-state index in [0.29, 0.717) is 9.84 Å². The van der Waals surface area contributed by atoms with E-state index in [0.717, 1.165) is 6.42 Å². The Bertz CT molecular complexity index is 74.9. The summed E-state index contributed by atoms with van der Waals surface area (Å²) in [6, 6.07) is 0. The van der Waals surface area contributed by atoms with Crippen LogP contribution in [0.5, 0.6) is 0 Å². The first-order valence-electron chi connectivity index (χ1n) is 3.04. The van der Waals surface area contributed by atoms with Gasteiger partial charge in [0.25, 0.3) is 0 Å². The van der Waals surface area contributed by atoms with Crippen LogP contribution in [0.25, 0.3) is 0 Å². The van der Waals surface area contributed by atoms with Gasteiger partial charge >= 0.3 is 0 Å². The van der Waals surface area contributed by atoms with E-state index in [1.807, 2.05) is 0 Å². The lowest BCUT2D eigenvalue weighted by Gasteiger charge is -2.06. The van der Waals surface area contributed by atoms with Crippen LogP contribution < -0.4 is 0 Å². The smallest absolute Gasteiger partial charge is 0.0932 e. The highest BCUT2D eigenvalue weighted by atomic mass is 127. The van der Waals surface area contributed by atoms with Crippen LogP contribution in [0.4, 0.5) is 4.39 Å². The SMILES string of the molecule is FCC1CCCC1I. The van der Waals surface area contributed by atoms with Crippen LogP contribution in [-0.2, 0) is 0 Å². The van der Waals surface area contributed by atoms with Crippen LogP contribution in [0.1, 0.15) is 19.3 Å². The zero-order chi connectivity index (χ0) is 5.98. The third kappa shape index (κ3) is 1.33. The maximum atomic E-state index is 11.9. The molecule has 0 aromatic rings. The minimum Gasteiger partial charge on any atom is -0.251 e. The Morgan fingerprint density at radius 2 is 2.25 bits per heavy atom. The lowest BCUT2D eigenvalue weighted by atomic mass is 10.1. The first-order valence-corrected chi connectivity index (χ1v) is 4.29. The standard InChI is InChI=1S/C6H10FI/c7-4-5-2-1-3-6(5)8/h5-6H,1-4H2. The number of rotatable bonds is 1. The van der Waals surface area contributed by atoms with Gasteiger partial charge in [0.05, 0.1) is 6.67 Å². The fraction of sp³-hybridized carbons (Fsp3) is 1.00. The van der Waals surface area contributed by atoms with E-state index in [-0.39, 0.29) is 6.67 Å². The summed E-state index contributed by atoms with van der Waals surface area (Å²) in [5, 5.41) is 0. The topological polar surface area (TPSA) is 0 Å². The largest absolute Gasteiger partial charge is 0.251 e. The number of hydrogen-bond acceptors (Lipinski definition) is 0. The summed E-state index contributed by atoms with van der Waals surface area (Å²) in [5.41, 5.74) is 0. The third-order valence-electron chi connectivity index (χ3n) is 1.76. The normalized spacial score (nSPS) is 38.2. The van der Waals surface area contributed by atoms with Gasteiger partial charge in [0.1, 0.15) is 0 Å². The Hall–Kier alpha value is 0.660. The zero-order valence-corrected chi connectivity index (χ0v) is 6.90. The van der Waals surface area contributed by atoms with Gasteiger partial charge in [0, 0.05) is 3.92 Å². The summed E-state index contributed by atoms with van der Waals surface area (Å²) in [6.45, 7) is -0.104. The molecule has 1 rings (SSSR count). The maximum Gasteiger partial charge on any atom is 0.0932 e. The van der Waals surface area contributed by atoms with Gasteiger partial charge in [-0.1, -0.05) is 29.0 Å². The van der Waals surface area contributed by atoms with Crippen LogP contribution in [-0.4, -0.2) is 10.6 Å². The number of halogens is 2. The van der Waals surface area contributed by atoms with Gasteiger partial charge in [0.2, 0.25) is 0 Å². The molecule has 1 saturated carbocycles. The summed E-state index contributed by atoms with van der Waals surface area (Å²) in [4.78, 5) is 0. The molecular formula is C6H10FI. The first kappa shape index (κ1) is 6.78. The van der Waals surface area contributed by atoms with Crippen molar-refractivity contribution in [1.29, 1.82) is 0 Å². The second-order valence-electron chi connectivity index (χ2n) is 2.36. The van der Waals surface area contributed by atoms with E-state index < -0.39 is 0 Å². The molecule has 0 bridgehead atoms. The molecule has 0 spiro atoms. The summed E-state index contributed by atoms with van der Waals surface area (Å²) >= 11 is 2.35. The Morgan fingerprint density at radius 1 is 1.50 bits per heavy atom. The minimum absolute atomic E-state index is 0.104. The van der Waals surface area contributed by atoms with Gasteiger partial charge in [0.15, 0.2) is 0 Å². The molecule has 0 heterocycles. The molecule has 1 aliphatic rings. The molecule has 8 heavy (non-hydrogen) atoms.